The van der Waals surface area contributed by atoms with Gasteiger partial charge in [0.05, 0.1) is 5.92 Å². The molecule has 1 N–H and O–H groups in total. The molecule has 3 aliphatic rings. The third-order valence-electron chi connectivity index (χ3n) is 5.90. The van der Waals surface area contributed by atoms with E-state index in [1.54, 1.807) is 0 Å². The fourth-order valence-electron chi connectivity index (χ4n) is 4.51. The van der Waals surface area contributed by atoms with Crippen LogP contribution in [0.5, 0.6) is 0 Å². The molecule has 2 unspecified atom stereocenters. The summed E-state index contributed by atoms with van der Waals surface area (Å²) in [6, 6.07) is 0. The van der Waals surface area contributed by atoms with Crippen molar-refractivity contribution >= 4 is 11.9 Å². The molecule has 1 aliphatic carbocycles. The lowest BCUT2D eigenvalue weighted by molar-refractivity contribution is -0.147. The van der Waals surface area contributed by atoms with Gasteiger partial charge >= 0.3 is 5.97 Å². The topological polar surface area (TPSA) is 66.8 Å². The summed E-state index contributed by atoms with van der Waals surface area (Å²) < 4.78 is 5.48. The zero-order valence-corrected chi connectivity index (χ0v) is 13.3. The van der Waals surface area contributed by atoms with Gasteiger partial charge in [0.1, 0.15) is 0 Å². The van der Waals surface area contributed by atoms with E-state index in [4.69, 9.17) is 4.74 Å². The first-order valence-electron chi connectivity index (χ1n) is 8.69. The normalized spacial score (nSPS) is 31.9. The summed E-state index contributed by atoms with van der Waals surface area (Å²) in [7, 11) is 0. The van der Waals surface area contributed by atoms with E-state index in [1.165, 1.54) is 6.42 Å². The number of aliphatic carboxylic acids is 1. The fourth-order valence-corrected chi connectivity index (χ4v) is 4.51. The van der Waals surface area contributed by atoms with E-state index in [0.29, 0.717) is 6.42 Å². The largest absolute Gasteiger partial charge is 0.481 e. The lowest BCUT2D eigenvalue weighted by Crippen LogP contribution is -2.50. The third kappa shape index (κ3) is 3.29. The van der Waals surface area contributed by atoms with E-state index in [9.17, 15) is 14.7 Å². The Balaban J connectivity index is 1.62. The van der Waals surface area contributed by atoms with E-state index in [0.717, 1.165) is 64.8 Å². The molecule has 3 rings (SSSR count). The molecular weight excluding hydrogens is 282 g/mol. The van der Waals surface area contributed by atoms with Crippen molar-refractivity contribution in [2.45, 2.75) is 51.4 Å². The Labute approximate surface area is 132 Å². The SMILES string of the molecule is O=C(O)C1CCCC(C(=O)N2CCCC3(CCOCC3)C2)C1. The Hall–Kier alpha value is -1.10. The second-order valence-corrected chi connectivity index (χ2v) is 7.37. The van der Waals surface area contributed by atoms with E-state index in [-0.39, 0.29) is 23.2 Å². The Morgan fingerprint density at radius 2 is 1.77 bits per heavy atom. The number of ether oxygens (including phenoxy) is 1. The number of carboxylic acids is 1. The smallest absolute Gasteiger partial charge is 0.306 e. The molecule has 2 heterocycles. The van der Waals surface area contributed by atoms with Gasteiger partial charge in [-0.2, -0.15) is 0 Å². The predicted octanol–water partition coefficient (Wildman–Crippen LogP) is 2.30. The minimum atomic E-state index is -0.739. The van der Waals surface area contributed by atoms with Crippen molar-refractivity contribution in [1.29, 1.82) is 0 Å². The summed E-state index contributed by atoms with van der Waals surface area (Å²) in [6.45, 7) is 3.32. The van der Waals surface area contributed by atoms with Crippen molar-refractivity contribution in [3.63, 3.8) is 0 Å². The van der Waals surface area contributed by atoms with Crippen LogP contribution >= 0.6 is 0 Å². The van der Waals surface area contributed by atoms with Crippen molar-refractivity contribution < 1.29 is 19.4 Å². The summed E-state index contributed by atoms with van der Waals surface area (Å²) >= 11 is 0. The highest BCUT2D eigenvalue weighted by Crippen LogP contribution is 2.40. The molecular formula is C17H27NO4. The number of piperidine rings is 1. The molecule has 5 heteroatoms. The molecule has 0 aromatic carbocycles. The van der Waals surface area contributed by atoms with Gasteiger partial charge < -0.3 is 14.7 Å². The maximum absolute atomic E-state index is 12.8. The first-order valence-corrected chi connectivity index (χ1v) is 8.69. The molecule has 0 radical (unpaired) electrons. The molecule has 0 aromatic heterocycles. The van der Waals surface area contributed by atoms with Crippen LogP contribution in [0.4, 0.5) is 0 Å². The summed E-state index contributed by atoms with van der Waals surface area (Å²) in [5, 5.41) is 9.21. The maximum Gasteiger partial charge on any atom is 0.306 e. The lowest BCUT2D eigenvalue weighted by Gasteiger charge is -2.46. The quantitative estimate of drug-likeness (QED) is 0.850. The fraction of sp³-hybridized carbons (Fsp3) is 0.882. The first-order chi connectivity index (χ1) is 10.6. The number of amides is 1. The summed E-state index contributed by atoms with van der Waals surface area (Å²) in [6.07, 6.45) is 7.35. The second-order valence-electron chi connectivity index (χ2n) is 7.37. The molecule has 5 nitrogen and oxygen atoms in total. The van der Waals surface area contributed by atoms with Crippen LogP contribution in [0.25, 0.3) is 0 Å². The molecule has 3 fully saturated rings. The minimum absolute atomic E-state index is 0.0789. The summed E-state index contributed by atoms with van der Waals surface area (Å²) in [5.41, 5.74) is 0.257. The van der Waals surface area contributed by atoms with Gasteiger partial charge in [-0.15, -0.1) is 0 Å². The van der Waals surface area contributed by atoms with Crippen molar-refractivity contribution in [3.8, 4) is 0 Å². The average Bonchev–Trinajstić information content (AvgIpc) is 2.55. The standard InChI is InChI=1S/C17H27NO4/c19-15(13-3-1-4-14(11-13)16(20)21)18-8-2-5-17(12-18)6-9-22-10-7-17/h13-14H,1-12H2,(H,20,21). The Morgan fingerprint density at radius 1 is 1.05 bits per heavy atom. The number of hydrogen-bond acceptors (Lipinski definition) is 3. The Kier molecular flexibility index (Phi) is 4.71. The molecule has 0 bridgehead atoms. The van der Waals surface area contributed by atoms with Gasteiger partial charge in [-0.1, -0.05) is 6.42 Å². The molecule has 1 spiro atoms. The molecule has 1 saturated carbocycles. The first kappa shape index (κ1) is 15.8. The van der Waals surface area contributed by atoms with Crippen molar-refractivity contribution in [3.05, 3.63) is 0 Å². The van der Waals surface area contributed by atoms with E-state index < -0.39 is 5.97 Å². The minimum Gasteiger partial charge on any atom is -0.481 e. The van der Waals surface area contributed by atoms with E-state index in [1.807, 2.05) is 4.90 Å². The number of carbonyl (C=O) groups excluding carboxylic acids is 1. The van der Waals surface area contributed by atoms with Crippen LogP contribution in [-0.2, 0) is 14.3 Å². The van der Waals surface area contributed by atoms with Crippen molar-refractivity contribution in [1.82, 2.24) is 4.90 Å². The molecule has 2 saturated heterocycles. The van der Waals surface area contributed by atoms with Gasteiger partial charge in [0, 0.05) is 32.2 Å². The van der Waals surface area contributed by atoms with E-state index >= 15 is 0 Å². The van der Waals surface area contributed by atoms with Crippen LogP contribution in [0.3, 0.4) is 0 Å². The lowest BCUT2D eigenvalue weighted by atomic mass is 9.73. The van der Waals surface area contributed by atoms with Gasteiger partial charge in [0.25, 0.3) is 0 Å². The number of likely N-dealkylation sites (tertiary alicyclic amines) is 1. The molecule has 22 heavy (non-hydrogen) atoms. The Morgan fingerprint density at radius 3 is 2.50 bits per heavy atom. The monoisotopic (exact) mass is 309 g/mol. The highest BCUT2D eigenvalue weighted by atomic mass is 16.5. The predicted molar refractivity (Wildman–Crippen MR) is 81.4 cm³/mol. The third-order valence-corrected chi connectivity index (χ3v) is 5.90. The number of carboxylic acid groups (broad SMARTS) is 1. The van der Waals surface area contributed by atoms with E-state index in [2.05, 4.69) is 0 Å². The van der Waals surface area contributed by atoms with Crippen molar-refractivity contribution in [2.75, 3.05) is 26.3 Å². The number of rotatable bonds is 2. The van der Waals surface area contributed by atoms with Gasteiger partial charge in [-0.05, 0) is 50.4 Å². The van der Waals surface area contributed by atoms with Gasteiger partial charge in [0.15, 0.2) is 0 Å². The average molecular weight is 309 g/mol. The summed E-state index contributed by atoms with van der Waals surface area (Å²) in [4.78, 5) is 26.1. The van der Waals surface area contributed by atoms with Crippen LogP contribution in [0.2, 0.25) is 0 Å². The molecule has 2 aliphatic heterocycles. The second kappa shape index (κ2) is 6.57. The summed E-state index contributed by atoms with van der Waals surface area (Å²) in [5.74, 6) is -0.942. The molecule has 1 amide bonds. The van der Waals surface area contributed by atoms with Crippen LogP contribution in [0.15, 0.2) is 0 Å². The zero-order valence-electron chi connectivity index (χ0n) is 13.3. The molecule has 124 valence electrons. The Bertz CT molecular complexity index is 425. The highest BCUT2D eigenvalue weighted by Gasteiger charge is 2.41. The van der Waals surface area contributed by atoms with Crippen molar-refractivity contribution in [2.24, 2.45) is 17.3 Å². The molecule has 0 aromatic rings. The van der Waals surface area contributed by atoms with Crippen LogP contribution in [-0.4, -0.2) is 48.2 Å². The van der Waals surface area contributed by atoms with Crippen LogP contribution in [0, 0.1) is 17.3 Å². The zero-order chi connectivity index (χ0) is 15.6. The van der Waals surface area contributed by atoms with Crippen LogP contribution < -0.4 is 0 Å². The number of carbonyl (C=O) groups is 2. The number of nitrogens with zero attached hydrogens (tertiary/aromatic N) is 1. The highest BCUT2D eigenvalue weighted by molar-refractivity contribution is 5.80. The van der Waals surface area contributed by atoms with Gasteiger partial charge in [-0.25, -0.2) is 0 Å². The van der Waals surface area contributed by atoms with Gasteiger partial charge in [-0.3, -0.25) is 9.59 Å². The molecule has 2 atom stereocenters. The maximum atomic E-state index is 12.8. The van der Waals surface area contributed by atoms with Crippen LogP contribution in [0.1, 0.15) is 51.4 Å². The van der Waals surface area contributed by atoms with Gasteiger partial charge in [0.2, 0.25) is 5.91 Å². The number of hydrogen-bond donors (Lipinski definition) is 1.